The van der Waals surface area contributed by atoms with Gasteiger partial charge in [-0.05, 0) is 23.3 Å². The number of carbonyl (C=O) groups is 1. The second kappa shape index (κ2) is 8.80. The maximum atomic E-state index is 12.8. The highest BCUT2D eigenvalue weighted by Gasteiger charge is 2.22. The predicted molar refractivity (Wildman–Crippen MR) is 100 cm³/mol. The number of hydrogen-bond donors (Lipinski definition) is 3. The average molecular weight is 355 g/mol. The van der Waals surface area contributed by atoms with E-state index in [-0.39, 0.29) is 11.9 Å². The number of benzene rings is 2. The summed E-state index contributed by atoms with van der Waals surface area (Å²) in [7, 11) is 3.26. The highest BCUT2D eigenvalue weighted by Crippen LogP contribution is 2.28. The van der Waals surface area contributed by atoms with E-state index in [2.05, 4.69) is 16.2 Å². The smallest absolute Gasteiger partial charge is 0.251 e. The van der Waals surface area contributed by atoms with Crippen molar-refractivity contribution in [3.63, 3.8) is 0 Å². The van der Waals surface area contributed by atoms with Crippen LogP contribution >= 0.6 is 0 Å². The molecule has 0 radical (unpaired) electrons. The molecule has 0 spiro atoms. The Morgan fingerprint density at radius 3 is 2.54 bits per heavy atom. The Morgan fingerprint density at radius 2 is 1.88 bits per heavy atom. The van der Waals surface area contributed by atoms with E-state index in [1.165, 1.54) is 0 Å². The number of ether oxygens (including phenoxy) is 2. The van der Waals surface area contributed by atoms with Crippen LogP contribution < -0.4 is 20.9 Å². The number of carbonyl (C=O) groups excluding carboxylic acids is 1. The molecule has 3 rings (SSSR count). The van der Waals surface area contributed by atoms with E-state index in [9.17, 15) is 4.79 Å². The molecule has 1 fully saturated rings. The van der Waals surface area contributed by atoms with E-state index in [1.807, 2.05) is 42.5 Å². The van der Waals surface area contributed by atoms with Crippen LogP contribution in [0.2, 0.25) is 0 Å². The van der Waals surface area contributed by atoms with Gasteiger partial charge >= 0.3 is 0 Å². The number of nitrogens with one attached hydrogen (secondary N) is 3. The zero-order valence-corrected chi connectivity index (χ0v) is 15.1. The van der Waals surface area contributed by atoms with Crippen molar-refractivity contribution in [1.29, 1.82) is 0 Å². The maximum Gasteiger partial charge on any atom is 0.251 e. The Labute approximate surface area is 153 Å². The summed E-state index contributed by atoms with van der Waals surface area (Å²) in [6, 6.07) is 15.2. The quantitative estimate of drug-likeness (QED) is 0.709. The lowest BCUT2D eigenvalue weighted by Crippen LogP contribution is -2.31. The van der Waals surface area contributed by atoms with Gasteiger partial charge in [-0.2, -0.15) is 0 Å². The molecule has 2 aromatic rings. The van der Waals surface area contributed by atoms with Gasteiger partial charge in [0, 0.05) is 31.7 Å². The minimum atomic E-state index is -0.206. The van der Waals surface area contributed by atoms with Crippen molar-refractivity contribution in [2.75, 3.05) is 33.9 Å². The molecule has 6 heteroatoms. The molecule has 2 aromatic carbocycles. The van der Waals surface area contributed by atoms with Crippen LogP contribution in [0.4, 0.5) is 0 Å². The zero-order chi connectivity index (χ0) is 18.4. The Hall–Kier alpha value is -2.41. The van der Waals surface area contributed by atoms with Crippen molar-refractivity contribution in [3.05, 3.63) is 65.2 Å². The fraction of sp³-hybridized carbons (Fsp3) is 0.350. The second-order valence-corrected chi connectivity index (χ2v) is 6.31. The number of hydrazine groups is 1. The van der Waals surface area contributed by atoms with Gasteiger partial charge in [0.25, 0.3) is 5.91 Å². The molecule has 1 amide bonds. The van der Waals surface area contributed by atoms with Crippen LogP contribution in [0.15, 0.2) is 48.5 Å². The number of methoxy groups -OCH3 is 2. The van der Waals surface area contributed by atoms with Gasteiger partial charge in [0.1, 0.15) is 5.75 Å². The van der Waals surface area contributed by atoms with Crippen LogP contribution in [-0.4, -0.2) is 39.8 Å². The summed E-state index contributed by atoms with van der Waals surface area (Å²) < 4.78 is 10.8. The highest BCUT2D eigenvalue weighted by atomic mass is 16.5. The molecule has 3 N–H and O–H groups in total. The molecule has 26 heavy (non-hydrogen) atoms. The molecular weight excluding hydrogens is 330 g/mol. The summed E-state index contributed by atoms with van der Waals surface area (Å²) in [6.07, 6.45) is 0. The molecule has 138 valence electrons. The Kier molecular flexibility index (Phi) is 6.22. The molecule has 1 aliphatic rings. The lowest BCUT2D eigenvalue weighted by molar-refractivity contribution is 0.0896. The molecule has 0 aliphatic carbocycles. The monoisotopic (exact) mass is 355 g/mol. The Bertz CT molecular complexity index is 730. The van der Waals surface area contributed by atoms with Crippen molar-refractivity contribution >= 4 is 5.91 Å². The Morgan fingerprint density at radius 1 is 1.15 bits per heavy atom. The number of amides is 1. The molecule has 1 atom stereocenters. The minimum absolute atomic E-state index is 0.150. The van der Waals surface area contributed by atoms with Crippen molar-refractivity contribution in [2.45, 2.75) is 12.0 Å². The first-order valence-electron chi connectivity index (χ1n) is 8.71. The molecule has 0 unspecified atom stereocenters. The van der Waals surface area contributed by atoms with Gasteiger partial charge < -0.3 is 14.8 Å². The van der Waals surface area contributed by atoms with Crippen LogP contribution in [0.25, 0.3) is 0 Å². The summed E-state index contributed by atoms with van der Waals surface area (Å²) >= 11 is 0. The van der Waals surface area contributed by atoms with Crippen molar-refractivity contribution in [3.8, 4) is 5.75 Å². The van der Waals surface area contributed by atoms with Gasteiger partial charge in [-0.15, -0.1) is 0 Å². The molecule has 1 heterocycles. The zero-order valence-electron chi connectivity index (χ0n) is 15.1. The van der Waals surface area contributed by atoms with Gasteiger partial charge in [0.2, 0.25) is 0 Å². The Balaban J connectivity index is 1.78. The first kappa shape index (κ1) is 18.4. The predicted octanol–water partition coefficient (Wildman–Crippen LogP) is 2.00. The highest BCUT2D eigenvalue weighted by molar-refractivity contribution is 5.95. The van der Waals surface area contributed by atoms with Gasteiger partial charge in [0.15, 0.2) is 0 Å². The molecular formula is C20H25N3O3. The third-order valence-electron chi connectivity index (χ3n) is 4.60. The fourth-order valence-corrected chi connectivity index (χ4v) is 3.19. The van der Waals surface area contributed by atoms with E-state index >= 15 is 0 Å². The minimum Gasteiger partial charge on any atom is -0.496 e. The van der Waals surface area contributed by atoms with E-state index in [1.54, 1.807) is 20.3 Å². The topological polar surface area (TPSA) is 71.6 Å². The van der Waals surface area contributed by atoms with E-state index in [4.69, 9.17) is 9.47 Å². The van der Waals surface area contributed by atoms with Gasteiger partial charge in [0.05, 0.1) is 19.8 Å². The van der Waals surface area contributed by atoms with Crippen LogP contribution in [-0.2, 0) is 4.74 Å². The van der Waals surface area contributed by atoms with Crippen molar-refractivity contribution < 1.29 is 14.3 Å². The summed E-state index contributed by atoms with van der Waals surface area (Å²) in [5.74, 6) is 0.909. The molecule has 0 saturated carbocycles. The van der Waals surface area contributed by atoms with Gasteiger partial charge in [-0.25, -0.2) is 0 Å². The normalized spacial score (nSPS) is 15.6. The number of rotatable bonds is 7. The van der Waals surface area contributed by atoms with Crippen LogP contribution in [0.3, 0.4) is 0 Å². The molecule has 6 nitrogen and oxygen atoms in total. The molecule has 0 bridgehead atoms. The van der Waals surface area contributed by atoms with Gasteiger partial charge in [-0.3, -0.25) is 15.6 Å². The summed E-state index contributed by atoms with van der Waals surface area (Å²) in [5, 5.41) is 3.05. The summed E-state index contributed by atoms with van der Waals surface area (Å²) in [5.41, 5.74) is 8.91. The number of hydrogen-bond acceptors (Lipinski definition) is 5. The fourth-order valence-electron chi connectivity index (χ4n) is 3.19. The first-order chi connectivity index (χ1) is 12.7. The lowest BCUT2D eigenvalue weighted by Gasteiger charge is -2.19. The van der Waals surface area contributed by atoms with Gasteiger partial charge in [-0.1, -0.05) is 36.4 Å². The maximum absolute atomic E-state index is 12.8. The lowest BCUT2D eigenvalue weighted by atomic mass is 9.97. The standard InChI is InChI=1S/C20H25N3O3/c1-25-13-18(14-6-4-3-5-7-14)23-20(24)15-8-9-17(19(10-15)26-2)16-11-21-22-12-16/h3-10,16,18,21-22H,11-13H2,1-2H3,(H,23,24)/t18-/m1/s1. The summed E-state index contributed by atoms with van der Waals surface area (Å²) in [4.78, 5) is 12.8. The van der Waals surface area contributed by atoms with E-state index in [0.717, 1.165) is 30.0 Å². The third kappa shape index (κ3) is 4.22. The van der Waals surface area contributed by atoms with Crippen LogP contribution in [0.1, 0.15) is 33.4 Å². The van der Waals surface area contributed by atoms with E-state index in [0.29, 0.717) is 18.1 Å². The second-order valence-electron chi connectivity index (χ2n) is 6.31. The molecule has 1 aliphatic heterocycles. The van der Waals surface area contributed by atoms with Crippen LogP contribution in [0, 0.1) is 0 Å². The van der Waals surface area contributed by atoms with Crippen molar-refractivity contribution in [2.24, 2.45) is 0 Å². The largest absolute Gasteiger partial charge is 0.496 e. The third-order valence-corrected chi connectivity index (χ3v) is 4.60. The SMILES string of the molecule is COC[C@@H](NC(=O)c1ccc(C2CNNC2)c(OC)c1)c1ccccc1. The molecule has 1 saturated heterocycles. The van der Waals surface area contributed by atoms with Crippen LogP contribution in [0.5, 0.6) is 5.75 Å². The van der Waals surface area contributed by atoms with E-state index < -0.39 is 0 Å². The summed E-state index contributed by atoms with van der Waals surface area (Å²) in [6.45, 7) is 2.09. The first-order valence-corrected chi connectivity index (χ1v) is 8.71. The molecule has 0 aromatic heterocycles. The average Bonchev–Trinajstić information content (AvgIpc) is 3.22. The van der Waals surface area contributed by atoms with Crippen molar-refractivity contribution in [1.82, 2.24) is 16.2 Å².